The SMILES string of the molecule is CCC1CCCC(NC(=NC)NCC(=O)N(C)C)C1.I. The van der Waals surface area contributed by atoms with Crippen LogP contribution in [0.4, 0.5) is 0 Å². The van der Waals surface area contributed by atoms with Crippen LogP contribution in [0.25, 0.3) is 0 Å². The summed E-state index contributed by atoms with van der Waals surface area (Å²) in [6.07, 6.45) is 6.28. The maximum absolute atomic E-state index is 11.5. The Kier molecular flexibility index (Phi) is 9.96. The molecule has 0 radical (unpaired) electrons. The highest BCUT2D eigenvalue weighted by Gasteiger charge is 2.21. The molecule has 0 aromatic heterocycles. The molecule has 1 aliphatic rings. The molecule has 0 aliphatic heterocycles. The van der Waals surface area contributed by atoms with E-state index in [1.165, 1.54) is 32.1 Å². The van der Waals surface area contributed by atoms with Gasteiger partial charge in [0.1, 0.15) is 0 Å². The van der Waals surface area contributed by atoms with E-state index in [1.54, 1.807) is 26.0 Å². The van der Waals surface area contributed by atoms with Gasteiger partial charge in [-0.1, -0.05) is 26.2 Å². The van der Waals surface area contributed by atoms with Crippen LogP contribution < -0.4 is 10.6 Å². The van der Waals surface area contributed by atoms with Crippen molar-refractivity contribution in [2.45, 2.75) is 45.1 Å². The van der Waals surface area contributed by atoms with Crippen LogP contribution >= 0.6 is 24.0 Å². The van der Waals surface area contributed by atoms with Crippen LogP contribution in [0.3, 0.4) is 0 Å². The van der Waals surface area contributed by atoms with Crippen LogP contribution in [0.2, 0.25) is 0 Å². The molecule has 1 rings (SSSR count). The highest BCUT2D eigenvalue weighted by Crippen LogP contribution is 2.26. The Bertz CT molecular complexity index is 320. The first-order chi connectivity index (χ1) is 9.06. The van der Waals surface area contributed by atoms with E-state index in [9.17, 15) is 4.79 Å². The summed E-state index contributed by atoms with van der Waals surface area (Å²) < 4.78 is 0. The largest absolute Gasteiger partial charge is 0.354 e. The van der Waals surface area contributed by atoms with Crippen LogP contribution in [0.5, 0.6) is 0 Å². The molecule has 0 aromatic carbocycles. The van der Waals surface area contributed by atoms with Gasteiger partial charge in [0.2, 0.25) is 5.91 Å². The number of likely N-dealkylation sites (N-methyl/N-ethyl adjacent to an activating group) is 1. The minimum atomic E-state index is 0. The van der Waals surface area contributed by atoms with E-state index in [0.29, 0.717) is 6.04 Å². The van der Waals surface area contributed by atoms with Crippen LogP contribution in [-0.4, -0.2) is 50.5 Å². The van der Waals surface area contributed by atoms with E-state index >= 15 is 0 Å². The number of nitrogens with one attached hydrogen (secondary N) is 2. The molecule has 5 nitrogen and oxygen atoms in total. The lowest BCUT2D eigenvalue weighted by atomic mass is 9.84. The summed E-state index contributed by atoms with van der Waals surface area (Å²) in [7, 11) is 5.26. The third-order valence-electron chi connectivity index (χ3n) is 3.83. The lowest BCUT2D eigenvalue weighted by Gasteiger charge is -2.30. The van der Waals surface area contributed by atoms with Crippen LogP contribution in [0.1, 0.15) is 39.0 Å². The first kappa shape index (κ1) is 19.5. The van der Waals surface area contributed by atoms with Crippen molar-refractivity contribution in [3.63, 3.8) is 0 Å². The summed E-state index contributed by atoms with van der Waals surface area (Å²) in [6.45, 7) is 2.55. The van der Waals surface area contributed by atoms with Crippen LogP contribution in [-0.2, 0) is 4.79 Å². The summed E-state index contributed by atoms with van der Waals surface area (Å²) in [6, 6.07) is 0.486. The van der Waals surface area contributed by atoms with Gasteiger partial charge in [0.25, 0.3) is 0 Å². The van der Waals surface area contributed by atoms with Gasteiger partial charge in [-0.25, -0.2) is 0 Å². The first-order valence-electron chi connectivity index (χ1n) is 7.24. The number of aliphatic imine (C=N–C) groups is 1. The normalized spacial score (nSPS) is 22.7. The van der Waals surface area contributed by atoms with Crippen molar-refractivity contribution in [3.05, 3.63) is 0 Å². The minimum absolute atomic E-state index is 0. The molecule has 0 spiro atoms. The summed E-state index contributed by atoms with van der Waals surface area (Å²) in [5.41, 5.74) is 0. The third-order valence-corrected chi connectivity index (χ3v) is 3.83. The molecule has 1 fully saturated rings. The fourth-order valence-corrected chi connectivity index (χ4v) is 2.50. The Balaban J connectivity index is 0.00000361. The van der Waals surface area contributed by atoms with Gasteiger partial charge in [0.15, 0.2) is 5.96 Å². The van der Waals surface area contributed by atoms with Gasteiger partial charge >= 0.3 is 0 Å². The second kappa shape index (κ2) is 10.2. The van der Waals surface area contributed by atoms with Crippen molar-refractivity contribution in [1.29, 1.82) is 0 Å². The molecule has 2 atom stereocenters. The number of rotatable bonds is 4. The number of amides is 1. The Hall–Kier alpha value is -0.530. The maximum atomic E-state index is 11.5. The van der Waals surface area contributed by atoms with Crippen molar-refractivity contribution < 1.29 is 4.79 Å². The Labute approximate surface area is 140 Å². The Morgan fingerprint density at radius 3 is 2.60 bits per heavy atom. The average molecular weight is 396 g/mol. The molecule has 0 heterocycles. The number of nitrogens with zero attached hydrogens (tertiary/aromatic N) is 2. The van der Waals surface area contributed by atoms with Gasteiger partial charge in [-0.2, -0.15) is 0 Å². The van der Waals surface area contributed by atoms with Gasteiger partial charge in [-0.3, -0.25) is 9.79 Å². The smallest absolute Gasteiger partial charge is 0.241 e. The predicted octanol–water partition coefficient (Wildman–Crippen LogP) is 1.83. The third kappa shape index (κ3) is 6.76. The van der Waals surface area contributed by atoms with E-state index in [2.05, 4.69) is 22.5 Å². The van der Waals surface area contributed by atoms with Crippen molar-refractivity contribution in [2.24, 2.45) is 10.9 Å². The molecule has 2 N–H and O–H groups in total. The van der Waals surface area contributed by atoms with Gasteiger partial charge in [-0.05, 0) is 18.8 Å². The van der Waals surface area contributed by atoms with Crippen molar-refractivity contribution in [2.75, 3.05) is 27.7 Å². The lowest BCUT2D eigenvalue weighted by molar-refractivity contribution is -0.127. The fraction of sp³-hybridized carbons (Fsp3) is 0.857. The standard InChI is InChI=1S/C14H28N4O.HI/c1-5-11-7-6-8-12(9-11)17-14(15-2)16-10-13(19)18(3)4;/h11-12H,5-10H2,1-4H3,(H2,15,16,17);1H. The zero-order valence-corrected chi connectivity index (χ0v) is 15.4. The van der Waals surface area contributed by atoms with Crippen molar-refractivity contribution >= 4 is 35.8 Å². The summed E-state index contributed by atoms with van der Waals surface area (Å²) in [4.78, 5) is 17.3. The molecule has 0 saturated heterocycles. The van der Waals surface area contributed by atoms with E-state index < -0.39 is 0 Å². The zero-order valence-electron chi connectivity index (χ0n) is 13.1. The lowest BCUT2D eigenvalue weighted by Crippen LogP contribution is -2.47. The number of hydrogen-bond acceptors (Lipinski definition) is 2. The van der Waals surface area contributed by atoms with E-state index in [-0.39, 0.29) is 36.4 Å². The molecular weight excluding hydrogens is 367 g/mol. The number of guanidine groups is 1. The van der Waals surface area contributed by atoms with Gasteiger partial charge < -0.3 is 15.5 Å². The molecule has 0 bridgehead atoms. The molecule has 0 aromatic rings. The monoisotopic (exact) mass is 396 g/mol. The second-order valence-corrected chi connectivity index (χ2v) is 5.50. The number of halogens is 1. The molecule has 6 heteroatoms. The summed E-state index contributed by atoms with van der Waals surface area (Å²) >= 11 is 0. The number of hydrogen-bond donors (Lipinski definition) is 2. The van der Waals surface area contributed by atoms with Gasteiger partial charge in [-0.15, -0.1) is 24.0 Å². The van der Waals surface area contributed by atoms with Gasteiger partial charge in [0, 0.05) is 27.2 Å². The Morgan fingerprint density at radius 1 is 1.35 bits per heavy atom. The molecule has 1 saturated carbocycles. The first-order valence-corrected chi connectivity index (χ1v) is 7.24. The molecule has 1 aliphatic carbocycles. The average Bonchev–Trinajstić information content (AvgIpc) is 2.43. The second-order valence-electron chi connectivity index (χ2n) is 5.50. The van der Waals surface area contributed by atoms with E-state index in [1.807, 2.05) is 0 Å². The van der Waals surface area contributed by atoms with E-state index in [4.69, 9.17) is 0 Å². The molecule has 1 amide bonds. The molecule has 2 unspecified atom stereocenters. The van der Waals surface area contributed by atoms with Crippen molar-refractivity contribution in [1.82, 2.24) is 15.5 Å². The minimum Gasteiger partial charge on any atom is -0.354 e. The topological polar surface area (TPSA) is 56.7 Å². The van der Waals surface area contributed by atoms with Crippen LogP contribution in [0, 0.1) is 5.92 Å². The van der Waals surface area contributed by atoms with Crippen molar-refractivity contribution in [3.8, 4) is 0 Å². The maximum Gasteiger partial charge on any atom is 0.241 e. The molecular formula is C14H29IN4O. The number of carbonyl (C=O) groups excluding carboxylic acids is 1. The summed E-state index contributed by atoms with van der Waals surface area (Å²) in [5, 5.41) is 6.51. The molecule has 20 heavy (non-hydrogen) atoms. The number of carbonyl (C=O) groups is 1. The fourth-order valence-electron chi connectivity index (χ4n) is 2.50. The predicted molar refractivity (Wildman–Crippen MR) is 94.6 cm³/mol. The highest BCUT2D eigenvalue weighted by atomic mass is 127. The zero-order chi connectivity index (χ0) is 14.3. The van der Waals surface area contributed by atoms with E-state index in [0.717, 1.165) is 11.9 Å². The highest BCUT2D eigenvalue weighted by molar-refractivity contribution is 14.0. The Morgan fingerprint density at radius 2 is 2.05 bits per heavy atom. The molecule has 118 valence electrons. The quantitative estimate of drug-likeness (QED) is 0.433. The van der Waals surface area contributed by atoms with Gasteiger partial charge in [0.05, 0.1) is 6.54 Å². The summed E-state index contributed by atoms with van der Waals surface area (Å²) in [5.74, 6) is 1.61. The van der Waals surface area contributed by atoms with Crippen LogP contribution in [0.15, 0.2) is 4.99 Å².